The lowest BCUT2D eigenvalue weighted by molar-refractivity contribution is 0.563. The number of hydrogen-bond acceptors (Lipinski definition) is 4. The number of nitrogens with one attached hydrogen (secondary N) is 2. The summed E-state index contributed by atoms with van der Waals surface area (Å²) in [5.41, 5.74) is 0.890. The highest BCUT2D eigenvalue weighted by molar-refractivity contribution is 5.65. The van der Waals surface area contributed by atoms with Crippen LogP contribution in [-0.2, 0) is 0 Å². The molecule has 2 aromatic heterocycles. The van der Waals surface area contributed by atoms with Crippen LogP contribution < -0.4 is 10.6 Å². The maximum absolute atomic E-state index is 4.62. The number of nitrogens with zero attached hydrogens (tertiary/aromatic N) is 3. The molecule has 2 N–H and O–H groups in total. The molecule has 5 nitrogen and oxygen atoms in total. The number of hydrogen-bond donors (Lipinski definition) is 2. The van der Waals surface area contributed by atoms with Gasteiger partial charge in [-0.25, -0.2) is 9.97 Å². The van der Waals surface area contributed by atoms with Crippen molar-refractivity contribution >= 4 is 17.3 Å². The fourth-order valence-electron chi connectivity index (χ4n) is 2.43. The highest BCUT2D eigenvalue weighted by atomic mass is 15.1. The van der Waals surface area contributed by atoms with Crippen LogP contribution in [0.1, 0.15) is 46.0 Å². The van der Waals surface area contributed by atoms with Crippen molar-refractivity contribution in [2.75, 3.05) is 17.7 Å². The second kappa shape index (κ2) is 7.12. The van der Waals surface area contributed by atoms with Gasteiger partial charge in [0.05, 0.1) is 6.20 Å². The molecule has 20 heavy (non-hydrogen) atoms. The minimum Gasteiger partial charge on any atom is -0.372 e. The number of imidazole rings is 1. The lowest BCUT2D eigenvalue weighted by Crippen LogP contribution is -2.21. The molecule has 0 aliphatic carbocycles. The van der Waals surface area contributed by atoms with Gasteiger partial charge in [0.15, 0.2) is 11.5 Å². The Hall–Kier alpha value is -1.78. The Balaban J connectivity index is 2.23. The Morgan fingerprint density at radius 3 is 2.80 bits per heavy atom. The van der Waals surface area contributed by atoms with Gasteiger partial charge in [0.1, 0.15) is 5.82 Å². The monoisotopic (exact) mass is 275 g/mol. The predicted octanol–water partition coefficient (Wildman–Crippen LogP) is 3.54. The zero-order valence-electron chi connectivity index (χ0n) is 12.7. The van der Waals surface area contributed by atoms with Crippen LogP contribution >= 0.6 is 0 Å². The summed E-state index contributed by atoms with van der Waals surface area (Å²) in [6.07, 6.45) is 11.7. The molecule has 0 saturated heterocycles. The summed E-state index contributed by atoms with van der Waals surface area (Å²) in [5, 5.41) is 6.68. The second-order valence-corrected chi connectivity index (χ2v) is 5.16. The van der Waals surface area contributed by atoms with E-state index >= 15 is 0 Å². The summed E-state index contributed by atoms with van der Waals surface area (Å²) in [4.78, 5) is 9.01. The van der Waals surface area contributed by atoms with Gasteiger partial charge >= 0.3 is 0 Å². The van der Waals surface area contributed by atoms with Crippen LogP contribution in [0, 0.1) is 0 Å². The summed E-state index contributed by atoms with van der Waals surface area (Å²) in [6, 6.07) is 0.472. The molecule has 110 valence electrons. The van der Waals surface area contributed by atoms with Gasteiger partial charge in [0.2, 0.25) is 0 Å². The molecule has 0 aromatic carbocycles. The second-order valence-electron chi connectivity index (χ2n) is 5.16. The Labute approximate surface area is 120 Å². The van der Waals surface area contributed by atoms with Crippen LogP contribution in [0.4, 0.5) is 11.6 Å². The molecule has 5 heteroatoms. The van der Waals surface area contributed by atoms with Gasteiger partial charge in [-0.2, -0.15) is 0 Å². The van der Waals surface area contributed by atoms with E-state index in [0.717, 1.165) is 17.3 Å². The third kappa shape index (κ3) is 3.40. The number of aromatic nitrogens is 3. The van der Waals surface area contributed by atoms with Crippen molar-refractivity contribution in [3.8, 4) is 0 Å². The van der Waals surface area contributed by atoms with E-state index in [1.807, 2.05) is 30.0 Å². The molecule has 1 atom stereocenters. The number of anilines is 2. The Bertz CT molecular complexity index is 534. The molecule has 1 unspecified atom stereocenters. The SMILES string of the molecule is CCCCC(CCC)Nc1nc(NC)cn2ccnc12. The van der Waals surface area contributed by atoms with E-state index in [1.165, 1.54) is 32.1 Å². The topological polar surface area (TPSA) is 54.2 Å². The zero-order valence-corrected chi connectivity index (χ0v) is 12.7. The van der Waals surface area contributed by atoms with Crippen molar-refractivity contribution in [3.05, 3.63) is 18.6 Å². The maximum atomic E-state index is 4.62. The average molecular weight is 275 g/mol. The van der Waals surface area contributed by atoms with Gasteiger partial charge in [-0.1, -0.05) is 33.1 Å². The van der Waals surface area contributed by atoms with E-state index in [1.54, 1.807) is 0 Å². The Morgan fingerprint density at radius 1 is 1.25 bits per heavy atom. The highest BCUT2D eigenvalue weighted by Crippen LogP contribution is 2.19. The van der Waals surface area contributed by atoms with Gasteiger partial charge in [-0.3, -0.25) is 0 Å². The molecule has 0 aliphatic rings. The van der Waals surface area contributed by atoms with E-state index in [4.69, 9.17) is 0 Å². The predicted molar refractivity (Wildman–Crippen MR) is 84.4 cm³/mol. The minimum absolute atomic E-state index is 0.472. The summed E-state index contributed by atoms with van der Waals surface area (Å²) >= 11 is 0. The van der Waals surface area contributed by atoms with Gasteiger partial charge in [0.25, 0.3) is 0 Å². The Morgan fingerprint density at radius 2 is 2.10 bits per heavy atom. The largest absolute Gasteiger partial charge is 0.372 e. The zero-order chi connectivity index (χ0) is 14.4. The first-order valence-corrected chi connectivity index (χ1v) is 7.56. The molecule has 0 aliphatic heterocycles. The first-order chi connectivity index (χ1) is 9.78. The molecule has 0 fully saturated rings. The van der Waals surface area contributed by atoms with Crippen molar-refractivity contribution in [1.29, 1.82) is 0 Å². The standard InChI is InChI=1S/C15H25N5/c1-4-6-8-12(7-5-2)18-14-15-17-9-10-20(15)11-13(16-3)19-14/h9-12,16H,4-8H2,1-3H3,(H,18,19). The van der Waals surface area contributed by atoms with E-state index in [0.29, 0.717) is 6.04 Å². The van der Waals surface area contributed by atoms with Crippen LogP contribution in [-0.4, -0.2) is 27.5 Å². The van der Waals surface area contributed by atoms with Gasteiger partial charge < -0.3 is 15.0 Å². The Kier molecular flexibility index (Phi) is 5.21. The van der Waals surface area contributed by atoms with E-state index in [2.05, 4.69) is 34.4 Å². The molecule has 2 aromatic rings. The van der Waals surface area contributed by atoms with Gasteiger partial charge in [-0.05, 0) is 12.8 Å². The van der Waals surface area contributed by atoms with Crippen molar-refractivity contribution in [1.82, 2.24) is 14.4 Å². The minimum atomic E-state index is 0.472. The molecule has 0 radical (unpaired) electrons. The smallest absolute Gasteiger partial charge is 0.180 e. The van der Waals surface area contributed by atoms with Crippen LogP contribution in [0.25, 0.3) is 5.65 Å². The number of unbranched alkanes of at least 4 members (excludes halogenated alkanes) is 1. The van der Waals surface area contributed by atoms with Crippen molar-refractivity contribution < 1.29 is 0 Å². The number of fused-ring (bicyclic) bond motifs is 1. The van der Waals surface area contributed by atoms with E-state index < -0.39 is 0 Å². The molecule has 2 heterocycles. The van der Waals surface area contributed by atoms with Crippen molar-refractivity contribution in [3.63, 3.8) is 0 Å². The maximum Gasteiger partial charge on any atom is 0.180 e. The first kappa shape index (κ1) is 14.6. The fourth-order valence-corrected chi connectivity index (χ4v) is 2.43. The van der Waals surface area contributed by atoms with Gasteiger partial charge in [0, 0.05) is 25.5 Å². The summed E-state index contributed by atoms with van der Waals surface area (Å²) in [7, 11) is 1.88. The molecule has 0 amide bonds. The number of rotatable bonds is 8. The molecule has 0 saturated carbocycles. The molecular formula is C15H25N5. The first-order valence-electron chi connectivity index (χ1n) is 7.56. The molecule has 2 rings (SSSR count). The third-order valence-corrected chi connectivity index (χ3v) is 3.51. The third-order valence-electron chi connectivity index (χ3n) is 3.51. The normalized spacial score (nSPS) is 12.6. The average Bonchev–Trinajstić information content (AvgIpc) is 2.93. The van der Waals surface area contributed by atoms with Crippen molar-refractivity contribution in [2.45, 2.75) is 52.0 Å². The van der Waals surface area contributed by atoms with Crippen LogP contribution in [0.2, 0.25) is 0 Å². The van der Waals surface area contributed by atoms with Crippen molar-refractivity contribution in [2.24, 2.45) is 0 Å². The van der Waals surface area contributed by atoms with E-state index in [-0.39, 0.29) is 0 Å². The highest BCUT2D eigenvalue weighted by Gasteiger charge is 2.12. The lowest BCUT2D eigenvalue weighted by Gasteiger charge is -2.19. The lowest BCUT2D eigenvalue weighted by atomic mass is 10.1. The van der Waals surface area contributed by atoms with Crippen LogP contribution in [0.3, 0.4) is 0 Å². The molecular weight excluding hydrogens is 250 g/mol. The molecule has 0 bridgehead atoms. The molecule has 0 spiro atoms. The summed E-state index contributed by atoms with van der Waals surface area (Å²) in [6.45, 7) is 4.46. The fraction of sp³-hybridized carbons (Fsp3) is 0.600. The van der Waals surface area contributed by atoms with E-state index in [9.17, 15) is 0 Å². The van der Waals surface area contributed by atoms with Crippen LogP contribution in [0.5, 0.6) is 0 Å². The van der Waals surface area contributed by atoms with Crippen LogP contribution in [0.15, 0.2) is 18.6 Å². The van der Waals surface area contributed by atoms with Gasteiger partial charge in [-0.15, -0.1) is 0 Å². The summed E-state index contributed by atoms with van der Waals surface area (Å²) < 4.78 is 2.00. The quantitative estimate of drug-likeness (QED) is 0.773. The summed E-state index contributed by atoms with van der Waals surface area (Å²) in [5.74, 6) is 1.72.